The van der Waals surface area contributed by atoms with Gasteiger partial charge in [-0.2, -0.15) is 0 Å². The molecule has 0 atom stereocenters. The number of hydrogen-bond donors (Lipinski definition) is 2. The molecule has 0 aliphatic heterocycles. The van der Waals surface area contributed by atoms with E-state index in [4.69, 9.17) is 9.84 Å². The summed E-state index contributed by atoms with van der Waals surface area (Å²) < 4.78 is 20.4. The van der Waals surface area contributed by atoms with Crippen LogP contribution in [0.1, 0.15) is 18.1 Å². The Morgan fingerprint density at radius 1 is 1.23 bits per heavy atom. The molecule has 2 rings (SSSR count). The summed E-state index contributed by atoms with van der Waals surface area (Å²) in [5.74, 6) is -1.66. The van der Waals surface area contributed by atoms with Crippen molar-refractivity contribution in [3.8, 4) is 5.75 Å². The third-order valence-electron chi connectivity index (χ3n) is 3.20. The predicted octanol–water partition coefficient (Wildman–Crippen LogP) is 4.49. The molecular formula is C18H14Br2FNO4. The number of carboxylic acids is 1. The Hall–Kier alpha value is -2.19. The van der Waals surface area contributed by atoms with E-state index in [0.717, 1.165) is 0 Å². The van der Waals surface area contributed by atoms with Crippen LogP contribution in [0.3, 0.4) is 0 Å². The van der Waals surface area contributed by atoms with E-state index in [2.05, 4.69) is 37.2 Å². The lowest BCUT2D eigenvalue weighted by molar-refractivity contribution is -0.134. The average Bonchev–Trinajstić information content (AvgIpc) is 2.54. The monoisotopic (exact) mass is 485 g/mol. The summed E-state index contributed by atoms with van der Waals surface area (Å²) in [4.78, 5) is 22.3. The van der Waals surface area contributed by atoms with Crippen molar-refractivity contribution in [1.29, 1.82) is 0 Å². The highest BCUT2D eigenvalue weighted by molar-refractivity contribution is 9.11. The molecule has 2 aromatic rings. The Morgan fingerprint density at radius 3 is 2.38 bits per heavy atom. The van der Waals surface area contributed by atoms with Gasteiger partial charge in [-0.05, 0) is 61.7 Å². The van der Waals surface area contributed by atoms with Crippen molar-refractivity contribution >= 4 is 49.8 Å². The smallest absolute Gasteiger partial charge is 0.352 e. The molecule has 0 fully saturated rings. The van der Waals surface area contributed by atoms with Crippen molar-refractivity contribution < 1.29 is 23.8 Å². The van der Waals surface area contributed by atoms with Gasteiger partial charge in [0.05, 0.1) is 8.95 Å². The van der Waals surface area contributed by atoms with Crippen LogP contribution in [-0.2, 0) is 16.2 Å². The van der Waals surface area contributed by atoms with Gasteiger partial charge in [-0.3, -0.25) is 4.79 Å². The fourth-order valence-electron chi connectivity index (χ4n) is 2.07. The number of hydrogen-bond acceptors (Lipinski definition) is 3. The zero-order valence-electron chi connectivity index (χ0n) is 13.6. The van der Waals surface area contributed by atoms with Crippen LogP contribution >= 0.6 is 31.9 Å². The number of benzene rings is 2. The molecule has 0 spiro atoms. The van der Waals surface area contributed by atoms with Gasteiger partial charge in [0.1, 0.15) is 23.9 Å². The first-order valence-corrected chi connectivity index (χ1v) is 8.94. The number of nitrogens with one attached hydrogen (secondary N) is 1. The molecule has 26 heavy (non-hydrogen) atoms. The average molecular weight is 487 g/mol. The lowest BCUT2D eigenvalue weighted by Crippen LogP contribution is -2.24. The second-order valence-electron chi connectivity index (χ2n) is 5.24. The maximum atomic E-state index is 13.7. The summed E-state index contributed by atoms with van der Waals surface area (Å²) in [6.07, 6.45) is 1.32. The van der Waals surface area contributed by atoms with Crippen LogP contribution in [0.25, 0.3) is 6.08 Å². The van der Waals surface area contributed by atoms with E-state index in [1.807, 2.05) is 0 Å². The fraction of sp³-hybridized carbons (Fsp3) is 0.111. The maximum absolute atomic E-state index is 13.7. The molecule has 0 unspecified atom stereocenters. The first kappa shape index (κ1) is 20.1. The molecule has 0 aliphatic rings. The quantitative estimate of drug-likeness (QED) is 0.590. The Labute approximate surface area is 166 Å². The lowest BCUT2D eigenvalue weighted by Gasteiger charge is -2.12. The highest BCUT2D eigenvalue weighted by Crippen LogP contribution is 2.36. The Kier molecular flexibility index (Phi) is 6.93. The van der Waals surface area contributed by atoms with Crippen LogP contribution in [-0.4, -0.2) is 17.0 Å². The fourth-order valence-corrected chi connectivity index (χ4v) is 3.52. The van der Waals surface area contributed by atoms with Crippen LogP contribution in [0, 0.1) is 5.82 Å². The molecule has 0 saturated carbocycles. The van der Waals surface area contributed by atoms with Crippen LogP contribution < -0.4 is 10.1 Å². The lowest BCUT2D eigenvalue weighted by atomic mass is 10.2. The first-order chi connectivity index (χ1) is 12.3. The molecule has 0 aliphatic carbocycles. The van der Waals surface area contributed by atoms with Crippen molar-refractivity contribution in [3.63, 3.8) is 0 Å². The number of ether oxygens (including phenoxy) is 1. The summed E-state index contributed by atoms with van der Waals surface area (Å²) in [7, 11) is 0. The normalized spacial score (nSPS) is 11.2. The van der Waals surface area contributed by atoms with Gasteiger partial charge in [-0.25, -0.2) is 9.18 Å². The van der Waals surface area contributed by atoms with Gasteiger partial charge in [0.25, 0.3) is 0 Å². The molecule has 8 heteroatoms. The third-order valence-corrected chi connectivity index (χ3v) is 4.38. The van der Waals surface area contributed by atoms with Gasteiger partial charge >= 0.3 is 5.97 Å². The van der Waals surface area contributed by atoms with E-state index in [1.54, 1.807) is 30.3 Å². The molecule has 5 nitrogen and oxygen atoms in total. The summed E-state index contributed by atoms with van der Waals surface area (Å²) in [6.45, 7) is 1.26. The number of halogens is 3. The van der Waals surface area contributed by atoms with Crippen molar-refractivity contribution in [1.82, 2.24) is 5.32 Å². The van der Waals surface area contributed by atoms with Gasteiger partial charge in [0, 0.05) is 12.5 Å². The minimum Gasteiger partial charge on any atom is -0.486 e. The zero-order chi connectivity index (χ0) is 19.3. The number of rotatable bonds is 6. The van der Waals surface area contributed by atoms with Crippen molar-refractivity contribution in [2.45, 2.75) is 13.5 Å². The highest BCUT2D eigenvalue weighted by atomic mass is 79.9. The van der Waals surface area contributed by atoms with Crippen LogP contribution in [0.5, 0.6) is 5.75 Å². The highest BCUT2D eigenvalue weighted by Gasteiger charge is 2.13. The van der Waals surface area contributed by atoms with Gasteiger partial charge in [0.15, 0.2) is 0 Å². The van der Waals surface area contributed by atoms with Crippen LogP contribution in [0.4, 0.5) is 4.39 Å². The molecule has 0 bridgehead atoms. The Balaban J connectivity index is 2.26. The molecule has 0 aromatic heterocycles. The molecule has 136 valence electrons. The summed E-state index contributed by atoms with van der Waals surface area (Å²) >= 11 is 6.71. The number of carbonyl (C=O) groups excluding carboxylic acids is 1. The minimum absolute atomic E-state index is 0.0331. The minimum atomic E-state index is -1.26. The SMILES string of the molecule is CC(=O)N/C(=C/c1cc(Br)c(OCc2ccccc2F)c(Br)c1)C(=O)O. The topological polar surface area (TPSA) is 75.6 Å². The number of aliphatic carboxylic acids is 1. The van der Waals surface area contributed by atoms with E-state index in [9.17, 15) is 14.0 Å². The second-order valence-corrected chi connectivity index (χ2v) is 6.95. The summed E-state index contributed by atoms with van der Waals surface area (Å²) in [5, 5.41) is 11.4. The predicted molar refractivity (Wildman–Crippen MR) is 102 cm³/mol. The second kappa shape index (κ2) is 8.95. The summed E-state index contributed by atoms with van der Waals surface area (Å²) in [6, 6.07) is 9.56. The molecule has 2 aromatic carbocycles. The van der Waals surface area contributed by atoms with Crippen molar-refractivity contribution in [2.75, 3.05) is 0 Å². The largest absolute Gasteiger partial charge is 0.486 e. The molecule has 1 amide bonds. The number of carboxylic acid groups (broad SMARTS) is 1. The molecule has 0 saturated heterocycles. The van der Waals surface area contributed by atoms with E-state index in [1.165, 1.54) is 19.1 Å². The Bertz CT molecular complexity index is 860. The van der Waals surface area contributed by atoms with E-state index < -0.39 is 11.9 Å². The van der Waals surface area contributed by atoms with Crippen molar-refractivity contribution in [2.24, 2.45) is 0 Å². The molecule has 2 N–H and O–H groups in total. The van der Waals surface area contributed by atoms with E-state index in [-0.39, 0.29) is 18.1 Å². The van der Waals surface area contributed by atoms with Gasteiger partial charge in [-0.15, -0.1) is 0 Å². The Morgan fingerprint density at radius 2 is 1.85 bits per heavy atom. The molecular weight excluding hydrogens is 473 g/mol. The number of carbonyl (C=O) groups is 2. The maximum Gasteiger partial charge on any atom is 0.352 e. The number of amides is 1. The van der Waals surface area contributed by atoms with Crippen LogP contribution in [0.2, 0.25) is 0 Å². The van der Waals surface area contributed by atoms with Crippen LogP contribution in [0.15, 0.2) is 51.0 Å². The van der Waals surface area contributed by atoms with E-state index in [0.29, 0.717) is 25.8 Å². The molecule has 0 radical (unpaired) electrons. The first-order valence-electron chi connectivity index (χ1n) is 7.35. The van der Waals surface area contributed by atoms with E-state index >= 15 is 0 Å². The standard InChI is InChI=1S/C18H14Br2FNO4/c1-10(23)22-16(18(24)25)8-11-6-13(19)17(14(20)7-11)26-9-12-4-2-3-5-15(12)21/h2-8H,9H2,1H3,(H,22,23)(H,24,25)/b16-8+. The zero-order valence-corrected chi connectivity index (χ0v) is 16.7. The third kappa shape index (κ3) is 5.40. The van der Waals surface area contributed by atoms with Gasteiger partial charge < -0.3 is 15.2 Å². The van der Waals surface area contributed by atoms with Gasteiger partial charge in [0.2, 0.25) is 5.91 Å². The summed E-state index contributed by atoms with van der Waals surface area (Å²) in [5.41, 5.74) is 0.679. The molecule has 0 heterocycles. The van der Waals surface area contributed by atoms with Gasteiger partial charge in [-0.1, -0.05) is 18.2 Å². The van der Waals surface area contributed by atoms with Crippen molar-refractivity contribution in [3.05, 3.63) is 68.0 Å².